The van der Waals surface area contributed by atoms with Crippen molar-refractivity contribution in [3.63, 3.8) is 0 Å². The standard InChI is InChI=1S/C17H22N4O6.C13H21NO4.C5H3BrN2O2/c1-16(2,3)26-14(22)19-8-4-7-17(10-19)11-20(15(23)27-17)12-5-6-13(18-9-12)21(24)25;1-12(2,3)18-11(16)14-8-4-6-13(9-14)7-5-10(15)17-13;6-4-1-2-5(7-3-4)8(9)10/h5-6,9H,4,7-8,10-11H2,1-3H3;4-9H2,1-3H3;1-3H. The summed E-state index contributed by atoms with van der Waals surface area (Å²) in [7, 11) is 0. The van der Waals surface area contributed by atoms with E-state index in [1.807, 2.05) is 20.8 Å². The number of esters is 1. The van der Waals surface area contributed by atoms with Crippen LogP contribution in [0, 0.1) is 20.2 Å². The molecule has 300 valence electrons. The van der Waals surface area contributed by atoms with Crippen molar-refractivity contribution in [1.29, 1.82) is 0 Å². The number of piperidine rings is 2. The summed E-state index contributed by atoms with van der Waals surface area (Å²) < 4.78 is 22.5. The Balaban J connectivity index is 0.000000205. The number of hydrogen-bond donors (Lipinski definition) is 0. The van der Waals surface area contributed by atoms with E-state index in [-0.39, 0.29) is 36.8 Å². The predicted molar refractivity (Wildman–Crippen MR) is 198 cm³/mol. The fourth-order valence-corrected chi connectivity index (χ4v) is 6.51. The summed E-state index contributed by atoms with van der Waals surface area (Å²) in [6.07, 6.45) is 5.52. The van der Waals surface area contributed by atoms with Gasteiger partial charge in [0.15, 0.2) is 12.4 Å². The Hall–Kier alpha value is -5.14. The summed E-state index contributed by atoms with van der Waals surface area (Å²) in [5, 5.41) is 20.8. The number of carbonyl (C=O) groups excluding carboxylic acids is 4. The number of carbonyl (C=O) groups is 4. The van der Waals surface area contributed by atoms with Gasteiger partial charge in [-0.15, -0.1) is 0 Å². The highest BCUT2D eigenvalue weighted by Crippen LogP contribution is 2.37. The average molecular weight is 837 g/mol. The minimum atomic E-state index is -0.825. The maximum Gasteiger partial charge on any atom is 0.415 e. The van der Waals surface area contributed by atoms with Gasteiger partial charge in [0.05, 0.1) is 29.8 Å². The smallest absolute Gasteiger partial charge is 0.415 e. The van der Waals surface area contributed by atoms with Crippen LogP contribution in [-0.2, 0) is 23.7 Å². The molecule has 0 saturated carbocycles. The molecule has 2 aromatic rings. The van der Waals surface area contributed by atoms with E-state index in [0.29, 0.717) is 51.0 Å². The van der Waals surface area contributed by atoms with Crippen molar-refractivity contribution in [3.8, 4) is 0 Å². The van der Waals surface area contributed by atoms with E-state index in [0.717, 1.165) is 17.3 Å². The van der Waals surface area contributed by atoms with Crippen LogP contribution in [0.15, 0.2) is 41.1 Å². The highest BCUT2D eigenvalue weighted by atomic mass is 79.9. The average Bonchev–Trinajstić information content (AvgIpc) is 3.61. The third-order valence-electron chi connectivity index (χ3n) is 8.60. The van der Waals surface area contributed by atoms with Gasteiger partial charge in [0.2, 0.25) is 0 Å². The second-order valence-corrected chi connectivity index (χ2v) is 16.4. The molecule has 2 atom stereocenters. The van der Waals surface area contributed by atoms with Crippen LogP contribution in [0.3, 0.4) is 0 Å². The van der Waals surface area contributed by atoms with Crippen LogP contribution < -0.4 is 4.90 Å². The third-order valence-corrected chi connectivity index (χ3v) is 9.07. The van der Waals surface area contributed by atoms with E-state index in [4.69, 9.17) is 18.9 Å². The number of aromatic nitrogens is 2. The van der Waals surface area contributed by atoms with Gasteiger partial charge in [0, 0.05) is 31.6 Å². The zero-order chi connectivity index (χ0) is 40.8. The lowest BCUT2D eigenvalue weighted by Gasteiger charge is -2.39. The van der Waals surface area contributed by atoms with Crippen molar-refractivity contribution >= 4 is 57.5 Å². The molecule has 4 fully saturated rings. The quantitative estimate of drug-likeness (QED) is 0.138. The van der Waals surface area contributed by atoms with Crippen LogP contribution in [0.5, 0.6) is 0 Å². The number of amides is 3. The second kappa shape index (κ2) is 17.1. The van der Waals surface area contributed by atoms with Crippen molar-refractivity contribution in [3.05, 3.63) is 61.4 Å². The molecule has 2 aromatic heterocycles. The molecule has 2 spiro atoms. The third kappa shape index (κ3) is 12.2. The van der Waals surface area contributed by atoms with Crippen molar-refractivity contribution < 1.29 is 48.0 Å². The number of ether oxygens (including phenoxy) is 4. The lowest BCUT2D eigenvalue weighted by molar-refractivity contribution is -0.389. The fourth-order valence-electron chi connectivity index (χ4n) is 6.28. The van der Waals surface area contributed by atoms with Gasteiger partial charge in [-0.05, 0) is 122 Å². The van der Waals surface area contributed by atoms with E-state index in [2.05, 4.69) is 25.9 Å². The molecule has 0 radical (unpaired) electrons. The number of anilines is 1. The minimum absolute atomic E-state index is 0.136. The number of nitro groups is 2. The minimum Gasteiger partial charge on any atom is -0.457 e. The molecule has 0 N–H and O–H groups in total. The maximum atomic E-state index is 12.4. The zero-order valence-corrected chi connectivity index (χ0v) is 33.2. The summed E-state index contributed by atoms with van der Waals surface area (Å²) in [6.45, 7) is 13.1. The van der Waals surface area contributed by atoms with Gasteiger partial charge in [-0.2, -0.15) is 0 Å². The van der Waals surface area contributed by atoms with Crippen LogP contribution in [0.2, 0.25) is 0 Å². The Morgan fingerprint density at radius 1 is 0.764 bits per heavy atom. The number of hydrogen-bond acceptors (Lipinski definition) is 14. The van der Waals surface area contributed by atoms with E-state index in [1.165, 1.54) is 35.5 Å². The predicted octanol–water partition coefficient (Wildman–Crippen LogP) is 6.56. The first-order valence-electron chi connectivity index (χ1n) is 17.6. The molecular weight excluding hydrogens is 790 g/mol. The summed E-state index contributed by atoms with van der Waals surface area (Å²) in [6, 6.07) is 5.61. The van der Waals surface area contributed by atoms with E-state index < -0.39 is 44.4 Å². The topological polar surface area (TPSA) is 227 Å². The molecule has 55 heavy (non-hydrogen) atoms. The van der Waals surface area contributed by atoms with Gasteiger partial charge < -0.3 is 49.0 Å². The van der Waals surface area contributed by atoms with Gasteiger partial charge in [0.1, 0.15) is 22.4 Å². The molecule has 6 rings (SSSR count). The molecule has 19 nitrogen and oxygen atoms in total. The van der Waals surface area contributed by atoms with Gasteiger partial charge >= 0.3 is 35.9 Å². The van der Waals surface area contributed by atoms with E-state index in [1.54, 1.807) is 36.6 Å². The Bertz CT molecular complexity index is 1750. The van der Waals surface area contributed by atoms with Crippen LogP contribution in [0.1, 0.15) is 80.1 Å². The molecule has 0 aliphatic carbocycles. The normalized spacial score (nSPS) is 22.1. The first-order valence-corrected chi connectivity index (χ1v) is 18.4. The van der Waals surface area contributed by atoms with Crippen LogP contribution in [0.25, 0.3) is 0 Å². The molecule has 4 saturated heterocycles. The molecular formula is C35H46BrN7O12. The Labute approximate surface area is 326 Å². The highest BCUT2D eigenvalue weighted by molar-refractivity contribution is 9.10. The van der Waals surface area contributed by atoms with Crippen LogP contribution >= 0.6 is 15.9 Å². The number of nitrogens with zero attached hydrogens (tertiary/aromatic N) is 7. The molecule has 4 aliphatic rings. The lowest BCUT2D eigenvalue weighted by atomic mass is 9.90. The second-order valence-electron chi connectivity index (χ2n) is 15.5. The number of likely N-dealkylation sites (tertiary alicyclic amines) is 2. The molecule has 20 heteroatoms. The largest absolute Gasteiger partial charge is 0.457 e. The number of rotatable bonds is 3. The molecule has 6 heterocycles. The van der Waals surface area contributed by atoms with Crippen molar-refractivity contribution in [2.75, 3.05) is 37.6 Å². The Morgan fingerprint density at radius 2 is 1.27 bits per heavy atom. The summed E-state index contributed by atoms with van der Waals surface area (Å²) in [5.41, 5.74) is -1.96. The fraction of sp³-hybridized carbons (Fsp3) is 0.600. The van der Waals surface area contributed by atoms with Gasteiger partial charge in [0.25, 0.3) is 0 Å². The van der Waals surface area contributed by atoms with Crippen LogP contribution in [-0.4, -0.2) is 109 Å². The zero-order valence-electron chi connectivity index (χ0n) is 31.6. The first-order chi connectivity index (χ1) is 25.6. The van der Waals surface area contributed by atoms with Gasteiger partial charge in [-0.25, -0.2) is 14.4 Å². The van der Waals surface area contributed by atoms with Crippen LogP contribution in [0.4, 0.5) is 31.7 Å². The molecule has 4 aliphatic heterocycles. The lowest BCUT2D eigenvalue weighted by Crippen LogP contribution is -2.53. The van der Waals surface area contributed by atoms with Crippen molar-refractivity contribution in [2.24, 2.45) is 0 Å². The summed E-state index contributed by atoms with van der Waals surface area (Å²) >= 11 is 3.11. The van der Waals surface area contributed by atoms with Crippen molar-refractivity contribution in [2.45, 2.75) is 102 Å². The van der Waals surface area contributed by atoms with Crippen molar-refractivity contribution in [1.82, 2.24) is 19.8 Å². The van der Waals surface area contributed by atoms with Gasteiger partial charge in [-0.1, -0.05) is 0 Å². The Kier molecular flexibility index (Phi) is 13.3. The molecule has 3 amide bonds. The monoisotopic (exact) mass is 835 g/mol. The maximum absolute atomic E-state index is 12.4. The SMILES string of the molecule is CC(C)(C)OC(=O)N1CCCC2(C1)CN(c1ccc([N+](=O)[O-])nc1)C(=O)O2.CC(C)(C)OC(=O)N1CCCC2(CCC(=O)O2)C1.O=[N+]([O-])c1ccc(Br)cn1. The number of pyridine rings is 2. The molecule has 0 aromatic carbocycles. The van der Waals surface area contributed by atoms with Gasteiger partial charge in [-0.3, -0.25) is 9.69 Å². The first kappa shape index (κ1) is 42.6. The van der Waals surface area contributed by atoms with E-state index >= 15 is 0 Å². The molecule has 2 unspecified atom stereocenters. The highest BCUT2D eigenvalue weighted by Gasteiger charge is 2.50. The van der Waals surface area contributed by atoms with E-state index in [9.17, 15) is 39.4 Å². The number of halogens is 1. The molecule has 0 bridgehead atoms. The summed E-state index contributed by atoms with van der Waals surface area (Å²) in [5.74, 6) is -0.584. The Morgan fingerprint density at radius 3 is 1.71 bits per heavy atom. The summed E-state index contributed by atoms with van der Waals surface area (Å²) in [4.78, 5) is 79.5.